The lowest BCUT2D eigenvalue weighted by atomic mass is 10.0. The van der Waals surface area contributed by atoms with Crippen LogP contribution in [0, 0.1) is 12.3 Å². The van der Waals surface area contributed by atoms with E-state index in [1.54, 1.807) is 0 Å². The topological polar surface area (TPSA) is 38.0 Å². The van der Waals surface area contributed by atoms with Crippen molar-refractivity contribution >= 4 is 0 Å². The zero-order valence-electron chi connectivity index (χ0n) is 7.86. The van der Waals surface area contributed by atoms with Crippen LogP contribution in [0.3, 0.4) is 0 Å². The monoisotopic (exact) mass is 154 g/mol. The predicted octanol–water partition coefficient (Wildman–Crippen LogP) is 0.725. The quantitative estimate of drug-likeness (QED) is 0.588. The average Bonchev–Trinajstić information content (AvgIpc) is 1.83. The number of rotatable bonds is 3. The smallest absolute Gasteiger partial charge is 0.0741 e. The lowest BCUT2D eigenvalue weighted by Crippen LogP contribution is -2.50. The molecule has 0 rings (SSSR count). The van der Waals surface area contributed by atoms with Gasteiger partial charge in [-0.05, 0) is 27.7 Å². The second kappa shape index (κ2) is 3.25. The molecule has 2 heteroatoms. The Labute approximate surface area is 69.5 Å². The van der Waals surface area contributed by atoms with Gasteiger partial charge in [0, 0.05) is 12.1 Å². The summed E-state index contributed by atoms with van der Waals surface area (Å²) in [5.41, 5.74) is 5.31. The van der Waals surface area contributed by atoms with E-state index in [-0.39, 0.29) is 11.1 Å². The van der Waals surface area contributed by atoms with Gasteiger partial charge in [0.05, 0.1) is 5.54 Å². The van der Waals surface area contributed by atoms with E-state index >= 15 is 0 Å². The maximum Gasteiger partial charge on any atom is 0.0741 e. The van der Waals surface area contributed by atoms with E-state index in [1.165, 1.54) is 0 Å². The Morgan fingerprint density at radius 2 is 1.82 bits per heavy atom. The van der Waals surface area contributed by atoms with Crippen LogP contribution in [0.15, 0.2) is 0 Å². The SMILES string of the molecule is C#CC(C)(C)NCC(C)(C)N. The number of nitrogens with one attached hydrogen (secondary N) is 1. The van der Waals surface area contributed by atoms with Crippen molar-refractivity contribution in [1.29, 1.82) is 0 Å². The highest BCUT2D eigenvalue weighted by atomic mass is 15.0. The molecular weight excluding hydrogens is 136 g/mol. The molecule has 0 unspecified atom stereocenters. The molecule has 0 saturated heterocycles. The molecule has 0 aromatic heterocycles. The maximum absolute atomic E-state index is 5.77. The minimum absolute atomic E-state index is 0.200. The fourth-order valence-corrected chi connectivity index (χ4v) is 0.500. The molecule has 0 radical (unpaired) electrons. The molecule has 0 fully saturated rings. The summed E-state index contributed by atoms with van der Waals surface area (Å²) in [4.78, 5) is 0. The van der Waals surface area contributed by atoms with E-state index in [2.05, 4.69) is 11.2 Å². The van der Waals surface area contributed by atoms with Crippen LogP contribution in [0.25, 0.3) is 0 Å². The van der Waals surface area contributed by atoms with Gasteiger partial charge in [-0.25, -0.2) is 0 Å². The van der Waals surface area contributed by atoms with Crippen LogP contribution < -0.4 is 11.1 Å². The van der Waals surface area contributed by atoms with E-state index in [0.29, 0.717) is 0 Å². The van der Waals surface area contributed by atoms with Gasteiger partial charge in [0.25, 0.3) is 0 Å². The zero-order chi connectivity index (χ0) is 9.12. The molecule has 0 atom stereocenters. The third-order valence-electron chi connectivity index (χ3n) is 1.35. The maximum atomic E-state index is 5.77. The summed E-state index contributed by atoms with van der Waals surface area (Å²) >= 11 is 0. The molecular formula is C9H18N2. The summed E-state index contributed by atoms with van der Waals surface area (Å²) in [6.07, 6.45) is 5.28. The molecule has 0 aromatic rings. The molecule has 2 nitrogen and oxygen atoms in total. The Balaban J connectivity index is 3.83. The number of terminal acetylenes is 1. The molecule has 64 valence electrons. The second-order valence-electron chi connectivity index (χ2n) is 4.11. The Kier molecular flexibility index (Phi) is 3.10. The van der Waals surface area contributed by atoms with Crippen LogP contribution >= 0.6 is 0 Å². The Hall–Kier alpha value is -0.520. The van der Waals surface area contributed by atoms with Crippen molar-refractivity contribution in [3.05, 3.63) is 0 Å². The molecule has 0 aliphatic rings. The molecule has 0 spiro atoms. The summed E-state index contributed by atoms with van der Waals surface area (Å²) in [6.45, 7) is 8.57. The molecule has 0 saturated carbocycles. The molecule has 0 heterocycles. The van der Waals surface area contributed by atoms with Crippen molar-refractivity contribution in [2.45, 2.75) is 38.8 Å². The molecule has 0 aromatic carbocycles. The largest absolute Gasteiger partial charge is 0.324 e. The van der Waals surface area contributed by atoms with Crippen LogP contribution in [-0.2, 0) is 0 Å². The van der Waals surface area contributed by atoms with E-state index in [4.69, 9.17) is 12.2 Å². The average molecular weight is 154 g/mol. The summed E-state index contributed by atoms with van der Waals surface area (Å²) in [5, 5.41) is 3.19. The first kappa shape index (κ1) is 10.5. The minimum atomic E-state index is -0.253. The van der Waals surface area contributed by atoms with Gasteiger partial charge in [-0.3, -0.25) is 5.32 Å². The van der Waals surface area contributed by atoms with E-state index < -0.39 is 0 Å². The van der Waals surface area contributed by atoms with Gasteiger partial charge in [0.2, 0.25) is 0 Å². The summed E-state index contributed by atoms with van der Waals surface area (Å²) in [7, 11) is 0. The molecule has 0 aliphatic heterocycles. The van der Waals surface area contributed by atoms with Crippen LogP contribution in [0.2, 0.25) is 0 Å². The zero-order valence-corrected chi connectivity index (χ0v) is 7.86. The van der Waals surface area contributed by atoms with Gasteiger partial charge in [-0.15, -0.1) is 6.42 Å². The number of hydrogen-bond donors (Lipinski definition) is 2. The molecule has 3 N–H and O–H groups in total. The van der Waals surface area contributed by atoms with Gasteiger partial charge < -0.3 is 5.73 Å². The molecule has 0 bridgehead atoms. The third kappa shape index (κ3) is 5.90. The Morgan fingerprint density at radius 3 is 2.09 bits per heavy atom. The van der Waals surface area contributed by atoms with Crippen LogP contribution in [-0.4, -0.2) is 17.6 Å². The van der Waals surface area contributed by atoms with Crippen molar-refractivity contribution in [2.75, 3.05) is 6.54 Å². The van der Waals surface area contributed by atoms with Gasteiger partial charge in [-0.2, -0.15) is 0 Å². The standard InChI is InChI=1S/C9H18N2/c1-6-9(4,5)11-7-8(2,3)10/h1,11H,7,10H2,2-5H3. The normalized spacial score (nSPS) is 12.7. The number of nitrogens with two attached hydrogens (primary N) is 1. The third-order valence-corrected chi connectivity index (χ3v) is 1.35. The van der Waals surface area contributed by atoms with E-state index in [0.717, 1.165) is 6.54 Å². The van der Waals surface area contributed by atoms with E-state index in [9.17, 15) is 0 Å². The molecule has 11 heavy (non-hydrogen) atoms. The van der Waals surface area contributed by atoms with Gasteiger partial charge in [0.1, 0.15) is 0 Å². The second-order valence-corrected chi connectivity index (χ2v) is 4.11. The summed E-state index contributed by atoms with van der Waals surface area (Å²) in [6, 6.07) is 0. The lowest BCUT2D eigenvalue weighted by Gasteiger charge is -2.26. The van der Waals surface area contributed by atoms with Gasteiger partial charge >= 0.3 is 0 Å². The van der Waals surface area contributed by atoms with Crippen molar-refractivity contribution in [3.8, 4) is 12.3 Å². The first-order valence-corrected chi connectivity index (χ1v) is 3.78. The van der Waals surface area contributed by atoms with Crippen molar-refractivity contribution in [2.24, 2.45) is 5.73 Å². The predicted molar refractivity (Wildman–Crippen MR) is 49.2 cm³/mol. The van der Waals surface area contributed by atoms with Crippen LogP contribution in [0.1, 0.15) is 27.7 Å². The van der Waals surface area contributed by atoms with Crippen LogP contribution in [0.5, 0.6) is 0 Å². The highest BCUT2D eigenvalue weighted by Gasteiger charge is 2.17. The van der Waals surface area contributed by atoms with Crippen LogP contribution in [0.4, 0.5) is 0 Å². The van der Waals surface area contributed by atoms with Crippen molar-refractivity contribution < 1.29 is 0 Å². The number of hydrogen-bond acceptors (Lipinski definition) is 2. The van der Waals surface area contributed by atoms with Crippen molar-refractivity contribution in [1.82, 2.24) is 5.32 Å². The lowest BCUT2D eigenvalue weighted by molar-refractivity contribution is 0.400. The summed E-state index contributed by atoms with van der Waals surface area (Å²) < 4.78 is 0. The van der Waals surface area contributed by atoms with Gasteiger partial charge in [0.15, 0.2) is 0 Å². The fourth-order valence-electron chi connectivity index (χ4n) is 0.500. The fraction of sp³-hybridized carbons (Fsp3) is 0.778. The first-order chi connectivity index (χ1) is 4.77. The highest BCUT2D eigenvalue weighted by Crippen LogP contribution is 2.01. The molecule has 0 aliphatic carbocycles. The summed E-state index contributed by atoms with van der Waals surface area (Å²) in [5.74, 6) is 2.65. The van der Waals surface area contributed by atoms with Gasteiger partial charge in [-0.1, -0.05) is 5.92 Å². The first-order valence-electron chi connectivity index (χ1n) is 3.78. The van der Waals surface area contributed by atoms with Crippen molar-refractivity contribution in [3.63, 3.8) is 0 Å². The Bertz CT molecular complexity index is 157. The highest BCUT2D eigenvalue weighted by molar-refractivity contribution is 5.07. The minimum Gasteiger partial charge on any atom is -0.324 e. The Morgan fingerprint density at radius 1 is 1.36 bits per heavy atom. The van der Waals surface area contributed by atoms with E-state index in [1.807, 2.05) is 27.7 Å². The molecule has 0 amide bonds.